The Balaban J connectivity index is 3.11. The van der Waals surface area contributed by atoms with E-state index in [1.54, 1.807) is 6.07 Å². The monoisotopic (exact) mass is 279 g/mol. The molecule has 0 amide bonds. The van der Waals surface area contributed by atoms with Crippen molar-refractivity contribution >= 4 is 27.5 Å². The summed E-state index contributed by atoms with van der Waals surface area (Å²) in [6.45, 7) is 2.45. The van der Waals surface area contributed by atoms with Gasteiger partial charge in [0.1, 0.15) is 5.82 Å². The highest BCUT2D eigenvalue weighted by Crippen LogP contribution is 2.34. The number of hydrogen-bond acceptors (Lipinski definition) is 1. The maximum Gasteiger partial charge on any atom is 0.128 e. The molecular weight excluding hydrogens is 268 g/mol. The molecule has 0 saturated heterocycles. The quantitative estimate of drug-likeness (QED) is 0.840. The fourth-order valence-electron chi connectivity index (χ4n) is 1.39. The van der Waals surface area contributed by atoms with Crippen molar-refractivity contribution in [1.29, 1.82) is 0 Å². The number of rotatable bonds is 3. The molecule has 0 radical (unpaired) electrons. The van der Waals surface area contributed by atoms with Crippen LogP contribution in [0.3, 0.4) is 0 Å². The molecule has 4 heteroatoms. The highest BCUT2D eigenvalue weighted by molar-refractivity contribution is 9.10. The molecule has 0 aliphatic rings. The van der Waals surface area contributed by atoms with Gasteiger partial charge in [-0.15, -0.1) is 0 Å². The Labute approximate surface area is 96.6 Å². The lowest BCUT2D eigenvalue weighted by atomic mass is 9.97. The van der Waals surface area contributed by atoms with E-state index in [0.29, 0.717) is 17.1 Å². The topological polar surface area (TPSA) is 26.0 Å². The first-order chi connectivity index (χ1) is 6.57. The van der Waals surface area contributed by atoms with Crippen molar-refractivity contribution in [2.45, 2.75) is 19.3 Å². The lowest BCUT2D eigenvalue weighted by molar-refractivity contribution is 0.577. The number of nitrogens with two attached hydrogens (primary N) is 1. The maximum atomic E-state index is 13.5. The molecule has 0 aliphatic carbocycles. The molecule has 2 N–H and O–H groups in total. The molecule has 78 valence electrons. The van der Waals surface area contributed by atoms with Crippen LogP contribution in [-0.4, -0.2) is 6.54 Å². The van der Waals surface area contributed by atoms with E-state index in [1.165, 1.54) is 6.07 Å². The molecular formula is C10H12BrClFN. The highest BCUT2D eigenvalue weighted by Gasteiger charge is 2.16. The molecule has 0 saturated carbocycles. The van der Waals surface area contributed by atoms with Crippen molar-refractivity contribution in [3.63, 3.8) is 0 Å². The third kappa shape index (κ3) is 2.47. The fourth-order valence-corrected chi connectivity index (χ4v) is 2.07. The first kappa shape index (κ1) is 12.0. The molecule has 1 aromatic carbocycles. The van der Waals surface area contributed by atoms with Crippen molar-refractivity contribution in [1.82, 2.24) is 0 Å². The average Bonchev–Trinajstić information content (AvgIpc) is 2.13. The van der Waals surface area contributed by atoms with Gasteiger partial charge in [-0.3, -0.25) is 0 Å². The van der Waals surface area contributed by atoms with Crippen molar-refractivity contribution in [2.24, 2.45) is 5.73 Å². The van der Waals surface area contributed by atoms with E-state index in [1.807, 2.05) is 6.92 Å². The van der Waals surface area contributed by atoms with Gasteiger partial charge in [-0.25, -0.2) is 4.39 Å². The Hall–Kier alpha value is -0.120. The second-order valence-electron chi connectivity index (χ2n) is 3.24. The zero-order valence-corrected chi connectivity index (χ0v) is 10.2. The second kappa shape index (κ2) is 5.10. The van der Waals surface area contributed by atoms with E-state index in [2.05, 4.69) is 15.9 Å². The minimum Gasteiger partial charge on any atom is -0.330 e. The molecule has 1 rings (SSSR count). The SMILES string of the molecule is CC(CCN)c1c(F)ccc(Br)c1Cl. The smallest absolute Gasteiger partial charge is 0.128 e. The van der Waals surface area contributed by atoms with E-state index in [0.717, 1.165) is 10.9 Å². The molecule has 0 fully saturated rings. The van der Waals surface area contributed by atoms with Crippen LogP contribution in [0.4, 0.5) is 4.39 Å². The van der Waals surface area contributed by atoms with E-state index < -0.39 is 0 Å². The van der Waals surface area contributed by atoms with Crippen LogP contribution in [0.2, 0.25) is 5.02 Å². The van der Waals surface area contributed by atoms with Crippen molar-refractivity contribution in [3.05, 3.63) is 33.0 Å². The van der Waals surface area contributed by atoms with Crippen molar-refractivity contribution in [3.8, 4) is 0 Å². The third-order valence-electron chi connectivity index (χ3n) is 2.17. The van der Waals surface area contributed by atoms with E-state index >= 15 is 0 Å². The molecule has 1 unspecified atom stereocenters. The Morgan fingerprint density at radius 3 is 2.79 bits per heavy atom. The molecule has 0 spiro atoms. The summed E-state index contributed by atoms with van der Waals surface area (Å²) in [6, 6.07) is 3.02. The van der Waals surface area contributed by atoms with Gasteiger partial charge >= 0.3 is 0 Å². The zero-order chi connectivity index (χ0) is 10.7. The van der Waals surface area contributed by atoms with Gasteiger partial charge in [-0.2, -0.15) is 0 Å². The molecule has 0 bridgehead atoms. The van der Waals surface area contributed by atoms with Crippen LogP contribution < -0.4 is 5.73 Å². The van der Waals surface area contributed by atoms with Crippen LogP contribution in [-0.2, 0) is 0 Å². The summed E-state index contributed by atoms with van der Waals surface area (Å²) < 4.78 is 14.2. The number of halogens is 3. The number of hydrogen-bond donors (Lipinski definition) is 1. The van der Waals surface area contributed by atoms with E-state index in [9.17, 15) is 4.39 Å². The summed E-state index contributed by atoms with van der Waals surface area (Å²) in [5.74, 6) is -0.218. The van der Waals surface area contributed by atoms with Gasteiger partial charge in [0.05, 0.1) is 5.02 Å². The molecule has 1 nitrogen and oxygen atoms in total. The normalized spacial score (nSPS) is 12.9. The zero-order valence-electron chi connectivity index (χ0n) is 7.86. The van der Waals surface area contributed by atoms with Crippen LogP contribution >= 0.6 is 27.5 Å². The van der Waals surface area contributed by atoms with Crippen LogP contribution in [0.25, 0.3) is 0 Å². The molecule has 1 aromatic rings. The maximum absolute atomic E-state index is 13.5. The van der Waals surface area contributed by atoms with Crippen LogP contribution in [0, 0.1) is 5.82 Å². The van der Waals surface area contributed by atoms with Gasteiger partial charge in [-0.05, 0) is 46.9 Å². The van der Waals surface area contributed by atoms with Gasteiger partial charge in [0, 0.05) is 10.0 Å². The minimum absolute atomic E-state index is 0.0463. The van der Waals surface area contributed by atoms with Gasteiger partial charge in [0.15, 0.2) is 0 Å². The molecule has 1 atom stereocenters. The van der Waals surface area contributed by atoms with Crippen molar-refractivity contribution in [2.75, 3.05) is 6.54 Å². The largest absolute Gasteiger partial charge is 0.330 e. The van der Waals surface area contributed by atoms with Gasteiger partial charge in [0.2, 0.25) is 0 Å². The third-order valence-corrected chi connectivity index (χ3v) is 3.47. The fraction of sp³-hybridized carbons (Fsp3) is 0.400. The lowest BCUT2D eigenvalue weighted by Gasteiger charge is -2.14. The Bertz CT molecular complexity index is 330. The molecule has 0 aromatic heterocycles. The van der Waals surface area contributed by atoms with Crippen LogP contribution in [0.1, 0.15) is 24.8 Å². The summed E-state index contributed by atoms with van der Waals surface area (Å²) in [7, 11) is 0. The molecule has 0 heterocycles. The Morgan fingerprint density at radius 2 is 2.21 bits per heavy atom. The molecule has 14 heavy (non-hydrogen) atoms. The second-order valence-corrected chi connectivity index (χ2v) is 4.47. The first-order valence-electron chi connectivity index (χ1n) is 4.41. The first-order valence-corrected chi connectivity index (χ1v) is 5.58. The predicted molar refractivity (Wildman–Crippen MR) is 61.2 cm³/mol. The lowest BCUT2D eigenvalue weighted by Crippen LogP contribution is -2.06. The van der Waals surface area contributed by atoms with E-state index in [-0.39, 0.29) is 11.7 Å². The van der Waals surface area contributed by atoms with Crippen molar-refractivity contribution < 1.29 is 4.39 Å². The van der Waals surface area contributed by atoms with Gasteiger partial charge in [-0.1, -0.05) is 18.5 Å². The van der Waals surface area contributed by atoms with Crippen LogP contribution in [0.15, 0.2) is 16.6 Å². The predicted octanol–water partition coefficient (Wildman–Crippen LogP) is 3.69. The van der Waals surface area contributed by atoms with Crippen LogP contribution in [0.5, 0.6) is 0 Å². The summed E-state index contributed by atoms with van der Waals surface area (Å²) >= 11 is 9.27. The summed E-state index contributed by atoms with van der Waals surface area (Å²) in [5, 5.41) is 0.450. The number of benzene rings is 1. The summed E-state index contributed by atoms with van der Waals surface area (Å²) in [6.07, 6.45) is 0.729. The summed E-state index contributed by atoms with van der Waals surface area (Å²) in [4.78, 5) is 0. The standard InChI is InChI=1S/C10H12BrClFN/c1-6(4-5-14)9-8(13)3-2-7(11)10(9)12/h2-3,6H,4-5,14H2,1H3. The molecule has 0 aliphatic heterocycles. The van der Waals surface area contributed by atoms with E-state index in [4.69, 9.17) is 17.3 Å². The summed E-state index contributed by atoms with van der Waals surface area (Å²) in [5.41, 5.74) is 5.98. The minimum atomic E-state index is -0.265. The Morgan fingerprint density at radius 1 is 1.57 bits per heavy atom. The average molecular weight is 281 g/mol. The highest BCUT2D eigenvalue weighted by atomic mass is 79.9. The Kier molecular flexibility index (Phi) is 4.35. The van der Waals surface area contributed by atoms with Gasteiger partial charge in [0.25, 0.3) is 0 Å². The van der Waals surface area contributed by atoms with Gasteiger partial charge < -0.3 is 5.73 Å².